The van der Waals surface area contributed by atoms with E-state index in [1.54, 1.807) is 18.2 Å². The van der Waals surface area contributed by atoms with Gasteiger partial charge < -0.3 is 10.2 Å². The average Bonchev–Trinajstić information content (AvgIpc) is 2.95. The van der Waals surface area contributed by atoms with Crippen LogP contribution >= 0.6 is 22.6 Å². The average molecular weight is 490 g/mol. The normalized spacial score (nSPS) is 15.4. The Labute approximate surface area is 178 Å². The molecule has 2 aromatic rings. The Bertz CT molecular complexity index is 876. The van der Waals surface area contributed by atoms with Crippen molar-refractivity contribution in [2.75, 3.05) is 37.5 Å². The molecule has 0 unspecified atom stereocenters. The minimum Gasteiger partial charge on any atom is -0.385 e. The maximum Gasteiger partial charge on any atom is 0.282 e. The number of anilines is 2. The van der Waals surface area contributed by atoms with E-state index in [1.807, 2.05) is 36.4 Å². The quantitative estimate of drug-likeness (QED) is 0.271. The second-order valence-electron chi connectivity index (χ2n) is 6.82. The molecule has 3 rings (SSSR count). The molecular formula is C21H23IN4O2. The van der Waals surface area contributed by atoms with Gasteiger partial charge in [0.25, 0.3) is 11.8 Å². The van der Waals surface area contributed by atoms with Crippen LogP contribution in [0.15, 0.2) is 54.1 Å². The Morgan fingerprint density at radius 2 is 1.75 bits per heavy atom. The summed E-state index contributed by atoms with van der Waals surface area (Å²) < 4.78 is 1.06. The minimum absolute atomic E-state index is 0.130. The van der Waals surface area contributed by atoms with Crippen molar-refractivity contribution in [1.29, 1.82) is 0 Å². The first kappa shape index (κ1) is 20.3. The molecule has 1 heterocycles. The highest BCUT2D eigenvalue weighted by Gasteiger charge is 2.34. The van der Waals surface area contributed by atoms with Crippen LogP contribution < -0.4 is 15.8 Å². The second-order valence-corrected chi connectivity index (χ2v) is 8.07. The molecule has 2 amide bonds. The third-order valence-corrected chi connectivity index (χ3v) is 5.03. The number of halogens is 1. The van der Waals surface area contributed by atoms with Gasteiger partial charge in [-0.15, -0.1) is 0 Å². The zero-order chi connectivity index (χ0) is 20.1. The van der Waals surface area contributed by atoms with E-state index in [1.165, 1.54) is 5.01 Å². The maximum atomic E-state index is 12.7. The van der Waals surface area contributed by atoms with Crippen molar-refractivity contribution in [3.8, 4) is 0 Å². The first-order chi connectivity index (χ1) is 13.4. The molecule has 1 aliphatic rings. The van der Waals surface area contributed by atoms with Crippen molar-refractivity contribution in [3.63, 3.8) is 0 Å². The first-order valence-electron chi connectivity index (χ1n) is 9.05. The highest BCUT2D eigenvalue weighted by molar-refractivity contribution is 14.1. The van der Waals surface area contributed by atoms with E-state index < -0.39 is 5.91 Å². The molecular weight excluding hydrogens is 467 g/mol. The molecule has 7 heteroatoms. The van der Waals surface area contributed by atoms with Crippen LogP contribution in [0.2, 0.25) is 0 Å². The number of carbonyl (C=O) groups excluding carboxylic acids is 2. The van der Waals surface area contributed by atoms with E-state index in [9.17, 15) is 9.59 Å². The number of amides is 2. The summed E-state index contributed by atoms with van der Waals surface area (Å²) in [7, 11) is 4.12. The van der Waals surface area contributed by atoms with Gasteiger partial charge >= 0.3 is 0 Å². The molecule has 6 nitrogen and oxygen atoms in total. The predicted molar refractivity (Wildman–Crippen MR) is 121 cm³/mol. The number of hydrogen-bond acceptors (Lipinski definition) is 4. The van der Waals surface area contributed by atoms with Crippen molar-refractivity contribution in [2.24, 2.45) is 0 Å². The van der Waals surface area contributed by atoms with Crippen molar-refractivity contribution in [1.82, 2.24) is 10.3 Å². The fraction of sp³-hybridized carbons (Fsp3) is 0.238. The monoisotopic (exact) mass is 490 g/mol. The van der Waals surface area contributed by atoms with E-state index in [2.05, 4.69) is 52.3 Å². The number of nitrogens with one attached hydrogen (secondary N) is 2. The lowest BCUT2D eigenvalue weighted by Gasteiger charge is -2.14. The molecule has 0 saturated carbocycles. The molecule has 0 aliphatic carbocycles. The largest absolute Gasteiger partial charge is 0.385 e. The molecule has 0 atom stereocenters. The molecule has 1 aliphatic heterocycles. The van der Waals surface area contributed by atoms with Crippen molar-refractivity contribution in [2.45, 2.75) is 6.42 Å². The SMILES string of the molecule is CN(C)CCCNc1ccc(C=C2C(=O)NN(c3ccc(I)cc3)C2=O)cc1. The van der Waals surface area contributed by atoms with Gasteiger partial charge in [0.2, 0.25) is 0 Å². The van der Waals surface area contributed by atoms with Crippen LogP contribution in [0, 0.1) is 3.57 Å². The summed E-state index contributed by atoms with van der Waals surface area (Å²) >= 11 is 2.19. The summed E-state index contributed by atoms with van der Waals surface area (Å²) in [6.07, 6.45) is 2.68. The number of nitrogens with zero attached hydrogens (tertiary/aromatic N) is 2. The van der Waals surface area contributed by atoms with Gasteiger partial charge in [0.05, 0.1) is 5.69 Å². The maximum absolute atomic E-state index is 12.7. The predicted octanol–water partition coefficient (Wildman–Crippen LogP) is 3.12. The van der Waals surface area contributed by atoms with Crippen LogP contribution in [-0.4, -0.2) is 43.9 Å². The minimum atomic E-state index is -0.394. The van der Waals surface area contributed by atoms with Crippen molar-refractivity contribution in [3.05, 3.63) is 63.2 Å². The molecule has 2 aromatic carbocycles. The van der Waals surface area contributed by atoms with Crippen LogP contribution in [0.5, 0.6) is 0 Å². The molecule has 0 radical (unpaired) electrons. The van der Waals surface area contributed by atoms with Gasteiger partial charge in [0, 0.05) is 15.8 Å². The Morgan fingerprint density at radius 1 is 1.07 bits per heavy atom. The zero-order valence-corrected chi connectivity index (χ0v) is 18.1. The number of benzene rings is 2. The third kappa shape index (κ3) is 5.11. The van der Waals surface area contributed by atoms with Gasteiger partial charge in [-0.3, -0.25) is 15.0 Å². The molecule has 1 saturated heterocycles. The highest BCUT2D eigenvalue weighted by Crippen LogP contribution is 2.22. The second kappa shape index (κ2) is 9.20. The number of carbonyl (C=O) groups is 2. The summed E-state index contributed by atoms with van der Waals surface area (Å²) in [6.45, 7) is 1.93. The van der Waals surface area contributed by atoms with E-state index in [-0.39, 0.29) is 11.5 Å². The van der Waals surface area contributed by atoms with Gasteiger partial charge in [0.15, 0.2) is 0 Å². The molecule has 28 heavy (non-hydrogen) atoms. The lowest BCUT2D eigenvalue weighted by molar-refractivity contribution is -0.117. The van der Waals surface area contributed by atoms with Crippen molar-refractivity contribution >= 4 is 51.9 Å². The van der Waals surface area contributed by atoms with Crippen LogP contribution in [0.3, 0.4) is 0 Å². The smallest absolute Gasteiger partial charge is 0.282 e. The van der Waals surface area contributed by atoms with E-state index in [0.29, 0.717) is 5.69 Å². The van der Waals surface area contributed by atoms with Crippen LogP contribution in [-0.2, 0) is 9.59 Å². The van der Waals surface area contributed by atoms with E-state index >= 15 is 0 Å². The van der Waals surface area contributed by atoms with Crippen molar-refractivity contribution < 1.29 is 9.59 Å². The van der Waals surface area contributed by atoms with Gasteiger partial charge in [0.1, 0.15) is 5.57 Å². The Balaban J connectivity index is 1.66. The van der Waals surface area contributed by atoms with Gasteiger partial charge in [-0.25, -0.2) is 5.01 Å². The highest BCUT2D eigenvalue weighted by atomic mass is 127. The number of rotatable bonds is 7. The van der Waals surface area contributed by atoms with E-state index in [0.717, 1.165) is 34.3 Å². The van der Waals surface area contributed by atoms with Gasteiger partial charge in [-0.2, -0.15) is 0 Å². The summed E-state index contributed by atoms with van der Waals surface area (Å²) in [6, 6.07) is 15.1. The summed E-state index contributed by atoms with van der Waals surface area (Å²) in [5.41, 5.74) is 5.22. The standard InChI is InChI=1S/C21H23IN4O2/c1-25(2)13-3-12-23-17-8-4-15(5-9-17)14-19-20(27)24-26(21(19)28)18-10-6-16(22)7-11-18/h4-11,14,23H,3,12-13H2,1-2H3,(H,24,27). The number of hydrazine groups is 1. The summed E-state index contributed by atoms with van der Waals surface area (Å²) in [4.78, 5) is 27.1. The topological polar surface area (TPSA) is 64.7 Å². The fourth-order valence-corrected chi connectivity index (χ4v) is 3.18. The zero-order valence-electron chi connectivity index (χ0n) is 15.9. The van der Waals surface area contributed by atoms with Crippen LogP contribution in [0.1, 0.15) is 12.0 Å². The molecule has 2 N–H and O–H groups in total. The third-order valence-electron chi connectivity index (χ3n) is 4.31. The summed E-state index contributed by atoms with van der Waals surface area (Å²) in [5.74, 6) is -0.744. The van der Waals surface area contributed by atoms with Crippen LogP contribution in [0.25, 0.3) is 6.08 Å². The number of hydrogen-bond donors (Lipinski definition) is 2. The Morgan fingerprint density at radius 3 is 2.39 bits per heavy atom. The molecule has 146 valence electrons. The Kier molecular flexibility index (Phi) is 6.69. The molecule has 0 spiro atoms. The first-order valence-corrected chi connectivity index (χ1v) is 10.1. The lowest BCUT2D eigenvalue weighted by Crippen LogP contribution is -2.35. The van der Waals surface area contributed by atoms with Gasteiger partial charge in [-0.05, 0) is 97.7 Å². The summed E-state index contributed by atoms with van der Waals surface area (Å²) in [5, 5.41) is 4.65. The van der Waals surface area contributed by atoms with Gasteiger partial charge in [-0.1, -0.05) is 12.1 Å². The Hall–Kier alpha value is -2.39. The fourth-order valence-electron chi connectivity index (χ4n) is 2.82. The van der Waals surface area contributed by atoms with E-state index in [4.69, 9.17) is 0 Å². The lowest BCUT2D eigenvalue weighted by atomic mass is 10.1. The molecule has 0 aromatic heterocycles. The molecule has 0 bridgehead atoms. The van der Waals surface area contributed by atoms with Crippen LogP contribution in [0.4, 0.5) is 11.4 Å². The molecule has 1 fully saturated rings.